The second-order valence-corrected chi connectivity index (χ2v) is 7.87. The van der Waals surface area contributed by atoms with Crippen molar-refractivity contribution in [2.45, 2.75) is 55.5 Å². The molecule has 1 heterocycles. The Hall–Kier alpha value is -0.680. The van der Waals surface area contributed by atoms with Gasteiger partial charge in [-0.15, -0.1) is 11.8 Å². The molecule has 0 N–H and O–H groups in total. The summed E-state index contributed by atoms with van der Waals surface area (Å²) in [5.74, 6) is 0. The zero-order valence-electron chi connectivity index (χ0n) is 12.7. The fraction of sp³-hybridized carbons (Fsp3) is 0.625. The first-order chi connectivity index (χ1) is 9.66. The molecule has 1 aromatic carbocycles. The van der Waals surface area contributed by atoms with E-state index in [-0.39, 0.29) is 5.54 Å². The molecule has 1 fully saturated rings. The minimum atomic E-state index is -4.26. The highest BCUT2D eigenvalue weighted by Crippen LogP contribution is 2.36. The molecule has 0 amide bonds. The molecule has 0 saturated carbocycles. The molecule has 21 heavy (non-hydrogen) atoms. The number of piperidine rings is 1. The third-order valence-electron chi connectivity index (χ3n) is 3.85. The van der Waals surface area contributed by atoms with E-state index in [9.17, 15) is 13.2 Å². The molecule has 5 heteroatoms. The monoisotopic (exact) mass is 317 g/mol. The predicted molar refractivity (Wildman–Crippen MR) is 81.6 cm³/mol. The van der Waals surface area contributed by atoms with Gasteiger partial charge in [0.2, 0.25) is 0 Å². The van der Waals surface area contributed by atoms with Gasteiger partial charge in [0.15, 0.2) is 0 Å². The summed E-state index contributed by atoms with van der Waals surface area (Å²) in [6.45, 7) is 8.63. The Morgan fingerprint density at radius 1 is 1.10 bits per heavy atom. The Morgan fingerprint density at radius 2 is 1.71 bits per heavy atom. The second-order valence-electron chi connectivity index (χ2n) is 6.50. The average molecular weight is 317 g/mol. The normalized spacial score (nSPS) is 19.0. The summed E-state index contributed by atoms with van der Waals surface area (Å²) in [5.41, 5.74) is -0.383. The largest absolute Gasteiger partial charge is 0.416 e. The molecule has 1 aliphatic rings. The van der Waals surface area contributed by atoms with Crippen molar-refractivity contribution in [1.29, 1.82) is 0 Å². The fourth-order valence-electron chi connectivity index (χ4n) is 2.58. The van der Waals surface area contributed by atoms with E-state index >= 15 is 0 Å². The van der Waals surface area contributed by atoms with Crippen LogP contribution in [0.25, 0.3) is 0 Å². The van der Waals surface area contributed by atoms with Gasteiger partial charge in [0, 0.05) is 15.7 Å². The Bertz CT molecular complexity index is 471. The van der Waals surface area contributed by atoms with Gasteiger partial charge in [0.05, 0.1) is 5.56 Å². The average Bonchev–Trinajstić information content (AvgIpc) is 2.37. The van der Waals surface area contributed by atoms with E-state index in [2.05, 4.69) is 25.7 Å². The van der Waals surface area contributed by atoms with Crippen molar-refractivity contribution in [3.63, 3.8) is 0 Å². The first kappa shape index (κ1) is 16.7. The van der Waals surface area contributed by atoms with Gasteiger partial charge in [-0.1, -0.05) is 6.07 Å². The van der Waals surface area contributed by atoms with Gasteiger partial charge >= 0.3 is 6.18 Å². The Morgan fingerprint density at radius 3 is 2.24 bits per heavy atom. The molecule has 0 atom stereocenters. The highest BCUT2D eigenvalue weighted by Gasteiger charge is 2.31. The summed E-state index contributed by atoms with van der Waals surface area (Å²) in [6, 6.07) is 5.67. The number of hydrogen-bond donors (Lipinski definition) is 0. The first-order valence-electron chi connectivity index (χ1n) is 7.25. The lowest BCUT2D eigenvalue weighted by molar-refractivity contribution is -0.137. The molecule has 0 aliphatic carbocycles. The van der Waals surface area contributed by atoms with Gasteiger partial charge in [0.25, 0.3) is 0 Å². The van der Waals surface area contributed by atoms with Gasteiger partial charge in [0.1, 0.15) is 0 Å². The van der Waals surface area contributed by atoms with E-state index in [1.807, 2.05) is 0 Å². The molecule has 0 radical (unpaired) electrons. The third kappa shape index (κ3) is 4.65. The molecule has 0 spiro atoms. The first-order valence-corrected chi connectivity index (χ1v) is 8.13. The van der Waals surface area contributed by atoms with Gasteiger partial charge in [-0.05, 0) is 64.9 Å². The maximum atomic E-state index is 12.7. The Kier molecular flexibility index (Phi) is 4.93. The number of halogens is 3. The summed E-state index contributed by atoms with van der Waals surface area (Å²) < 4.78 is 38.1. The van der Waals surface area contributed by atoms with E-state index in [0.717, 1.165) is 36.9 Å². The van der Waals surface area contributed by atoms with Crippen molar-refractivity contribution in [2.75, 3.05) is 13.1 Å². The molecular formula is C16H22F3NS. The van der Waals surface area contributed by atoms with Crippen LogP contribution in [-0.2, 0) is 6.18 Å². The number of nitrogens with zero attached hydrogens (tertiary/aromatic N) is 1. The maximum Gasteiger partial charge on any atom is 0.416 e. The van der Waals surface area contributed by atoms with Gasteiger partial charge in [-0.25, -0.2) is 0 Å². The van der Waals surface area contributed by atoms with Crippen molar-refractivity contribution in [3.8, 4) is 0 Å². The van der Waals surface area contributed by atoms with E-state index in [4.69, 9.17) is 0 Å². The summed E-state index contributed by atoms with van der Waals surface area (Å²) in [7, 11) is 0. The van der Waals surface area contributed by atoms with E-state index in [1.165, 1.54) is 12.1 Å². The quantitative estimate of drug-likeness (QED) is 0.750. The molecule has 0 unspecified atom stereocenters. The highest BCUT2D eigenvalue weighted by atomic mass is 32.2. The lowest BCUT2D eigenvalue weighted by atomic mass is 10.0. The fourth-order valence-corrected chi connectivity index (χ4v) is 3.77. The minimum absolute atomic E-state index is 0.172. The van der Waals surface area contributed by atoms with Crippen LogP contribution >= 0.6 is 11.8 Å². The molecule has 1 nitrogen and oxygen atoms in total. The SMILES string of the molecule is CC(C)(C)N1CCC(Sc2cccc(C(F)(F)F)c2)CC1. The van der Waals surface area contributed by atoms with Gasteiger partial charge in [-0.2, -0.15) is 13.2 Å². The molecule has 118 valence electrons. The van der Waals surface area contributed by atoms with E-state index < -0.39 is 11.7 Å². The molecule has 0 bridgehead atoms. The zero-order chi connectivity index (χ0) is 15.7. The zero-order valence-corrected chi connectivity index (χ0v) is 13.5. The van der Waals surface area contributed by atoms with Crippen molar-refractivity contribution in [1.82, 2.24) is 4.90 Å². The second kappa shape index (κ2) is 6.21. The summed E-state index contributed by atoms with van der Waals surface area (Å²) in [4.78, 5) is 3.16. The lowest BCUT2D eigenvalue weighted by Gasteiger charge is -2.40. The molecule has 1 aromatic rings. The van der Waals surface area contributed by atoms with Crippen LogP contribution in [0.4, 0.5) is 13.2 Å². The smallest absolute Gasteiger partial charge is 0.298 e. The van der Waals surface area contributed by atoms with E-state index in [1.54, 1.807) is 17.8 Å². The molecule has 1 saturated heterocycles. The maximum absolute atomic E-state index is 12.7. The van der Waals surface area contributed by atoms with Crippen LogP contribution in [0.1, 0.15) is 39.2 Å². The number of rotatable bonds is 2. The van der Waals surface area contributed by atoms with Crippen LogP contribution in [0.3, 0.4) is 0 Å². The topological polar surface area (TPSA) is 3.24 Å². The minimum Gasteiger partial charge on any atom is -0.298 e. The summed E-state index contributed by atoms with van der Waals surface area (Å²) in [5, 5.41) is 0.409. The predicted octanol–water partition coefficient (Wildman–Crippen LogP) is 5.06. The van der Waals surface area contributed by atoms with E-state index in [0.29, 0.717) is 5.25 Å². The number of thioether (sulfide) groups is 1. The lowest BCUT2D eigenvalue weighted by Crippen LogP contribution is -2.46. The highest BCUT2D eigenvalue weighted by molar-refractivity contribution is 8.00. The van der Waals surface area contributed by atoms with Crippen LogP contribution in [0.5, 0.6) is 0 Å². The van der Waals surface area contributed by atoms with Crippen LogP contribution in [0.15, 0.2) is 29.2 Å². The Labute approximate surface area is 128 Å². The van der Waals surface area contributed by atoms with Crippen LogP contribution in [0, 0.1) is 0 Å². The summed E-state index contributed by atoms with van der Waals surface area (Å²) >= 11 is 1.58. The molecule has 0 aromatic heterocycles. The number of alkyl halides is 3. The number of benzene rings is 1. The molecule has 1 aliphatic heterocycles. The summed E-state index contributed by atoms with van der Waals surface area (Å²) in [6.07, 6.45) is -2.21. The standard InChI is InChI=1S/C16H22F3NS/c1-15(2,3)20-9-7-13(8-10-20)21-14-6-4-5-12(11-14)16(17,18)19/h4-6,11,13H,7-10H2,1-3H3. The van der Waals surface area contributed by atoms with Crippen molar-refractivity contribution in [3.05, 3.63) is 29.8 Å². The van der Waals surface area contributed by atoms with Crippen LogP contribution in [-0.4, -0.2) is 28.8 Å². The van der Waals surface area contributed by atoms with Crippen molar-refractivity contribution >= 4 is 11.8 Å². The Balaban J connectivity index is 1.95. The number of likely N-dealkylation sites (tertiary alicyclic amines) is 1. The third-order valence-corrected chi connectivity index (χ3v) is 5.19. The molecular weight excluding hydrogens is 295 g/mol. The van der Waals surface area contributed by atoms with Gasteiger partial charge < -0.3 is 0 Å². The van der Waals surface area contributed by atoms with Crippen molar-refractivity contribution < 1.29 is 13.2 Å². The van der Waals surface area contributed by atoms with Crippen LogP contribution in [0.2, 0.25) is 0 Å². The van der Waals surface area contributed by atoms with Crippen LogP contribution < -0.4 is 0 Å². The van der Waals surface area contributed by atoms with Gasteiger partial charge in [-0.3, -0.25) is 4.90 Å². The van der Waals surface area contributed by atoms with Crippen molar-refractivity contribution in [2.24, 2.45) is 0 Å². The molecule has 2 rings (SSSR count). The number of hydrogen-bond acceptors (Lipinski definition) is 2.